The van der Waals surface area contributed by atoms with Crippen molar-refractivity contribution in [2.24, 2.45) is 0 Å². The van der Waals surface area contributed by atoms with Crippen LogP contribution in [0.25, 0.3) is 11.1 Å². The molecule has 1 atom stereocenters. The maximum Gasteiger partial charge on any atom is 0.312 e. The Bertz CT molecular complexity index is 514. The summed E-state index contributed by atoms with van der Waals surface area (Å²) in [6.45, 7) is 0. The standard InChI is InChI=1S/C12H10O3S2/c13-4-1-10(12(14)15)11-9(3-6-17-11)8-2-5-16-7-8/h2-7,10H,1H2,(H,14,15). The molecule has 0 bridgehead atoms. The fourth-order valence-corrected chi connectivity index (χ4v) is 3.34. The normalized spacial score (nSPS) is 12.2. The van der Waals surface area contributed by atoms with Crippen molar-refractivity contribution in [1.29, 1.82) is 0 Å². The first kappa shape index (κ1) is 12.0. The Balaban J connectivity index is 2.41. The molecule has 2 heterocycles. The van der Waals surface area contributed by atoms with E-state index in [1.165, 1.54) is 11.3 Å². The van der Waals surface area contributed by atoms with E-state index in [4.69, 9.17) is 5.11 Å². The number of hydrogen-bond acceptors (Lipinski definition) is 4. The third-order valence-electron chi connectivity index (χ3n) is 2.47. The first-order valence-corrected chi connectivity index (χ1v) is 6.82. The molecule has 0 spiro atoms. The van der Waals surface area contributed by atoms with Gasteiger partial charge in [-0.3, -0.25) is 4.79 Å². The second kappa shape index (κ2) is 5.25. The van der Waals surface area contributed by atoms with Crippen LogP contribution in [0.3, 0.4) is 0 Å². The van der Waals surface area contributed by atoms with Gasteiger partial charge in [0.25, 0.3) is 0 Å². The Morgan fingerprint density at radius 2 is 2.24 bits per heavy atom. The summed E-state index contributed by atoms with van der Waals surface area (Å²) in [6, 6.07) is 3.86. The quantitative estimate of drug-likeness (QED) is 0.845. The van der Waals surface area contributed by atoms with Crippen LogP contribution in [0.4, 0.5) is 0 Å². The van der Waals surface area contributed by atoms with Crippen molar-refractivity contribution in [2.45, 2.75) is 12.3 Å². The SMILES string of the molecule is O=CCC(C(=O)O)c1sccc1-c1ccsc1. The Labute approximate surface area is 106 Å². The number of hydrogen-bond donors (Lipinski definition) is 1. The largest absolute Gasteiger partial charge is 0.481 e. The van der Waals surface area contributed by atoms with Crippen molar-refractivity contribution in [1.82, 2.24) is 0 Å². The molecule has 0 saturated carbocycles. The van der Waals surface area contributed by atoms with Crippen LogP contribution in [-0.2, 0) is 9.59 Å². The number of carboxylic acid groups (broad SMARTS) is 1. The molecule has 2 rings (SSSR count). The van der Waals surface area contributed by atoms with Crippen LogP contribution >= 0.6 is 22.7 Å². The van der Waals surface area contributed by atoms with Crippen LogP contribution < -0.4 is 0 Å². The summed E-state index contributed by atoms with van der Waals surface area (Å²) in [5.41, 5.74) is 1.94. The molecule has 17 heavy (non-hydrogen) atoms. The molecule has 0 saturated heterocycles. The lowest BCUT2D eigenvalue weighted by atomic mass is 9.98. The highest BCUT2D eigenvalue weighted by Crippen LogP contribution is 2.36. The molecule has 0 aromatic carbocycles. The van der Waals surface area contributed by atoms with Gasteiger partial charge < -0.3 is 9.90 Å². The smallest absolute Gasteiger partial charge is 0.312 e. The molecule has 0 aliphatic carbocycles. The minimum absolute atomic E-state index is 0.0208. The van der Waals surface area contributed by atoms with Crippen molar-refractivity contribution in [3.05, 3.63) is 33.2 Å². The number of carbonyl (C=O) groups excluding carboxylic acids is 1. The zero-order chi connectivity index (χ0) is 12.3. The van der Waals surface area contributed by atoms with Crippen molar-refractivity contribution in [2.75, 3.05) is 0 Å². The second-order valence-electron chi connectivity index (χ2n) is 3.50. The number of carboxylic acids is 1. The molecule has 0 aliphatic heterocycles. The predicted octanol–water partition coefficient (Wildman–Crippen LogP) is 3.23. The van der Waals surface area contributed by atoms with Gasteiger partial charge in [0.2, 0.25) is 0 Å². The van der Waals surface area contributed by atoms with E-state index >= 15 is 0 Å². The van der Waals surface area contributed by atoms with E-state index in [2.05, 4.69) is 0 Å². The van der Waals surface area contributed by atoms with Crippen molar-refractivity contribution < 1.29 is 14.7 Å². The Kier molecular flexibility index (Phi) is 3.71. The number of thiophene rings is 2. The van der Waals surface area contributed by atoms with E-state index in [9.17, 15) is 9.59 Å². The Morgan fingerprint density at radius 1 is 1.41 bits per heavy atom. The van der Waals surface area contributed by atoms with Crippen LogP contribution in [-0.4, -0.2) is 17.4 Å². The van der Waals surface area contributed by atoms with Gasteiger partial charge in [0.05, 0.1) is 5.92 Å². The third kappa shape index (κ3) is 2.45. The Morgan fingerprint density at radius 3 is 2.82 bits per heavy atom. The van der Waals surface area contributed by atoms with Gasteiger partial charge in [-0.15, -0.1) is 11.3 Å². The fraction of sp³-hybridized carbons (Fsp3) is 0.167. The van der Waals surface area contributed by atoms with Crippen molar-refractivity contribution in [3.63, 3.8) is 0 Å². The molecule has 2 aromatic heterocycles. The molecule has 2 aromatic rings. The molecule has 5 heteroatoms. The van der Waals surface area contributed by atoms with E-state index in [-0.39, 0.29) is 6.42 Å². The summed E-state index contributed by atoms with van der Waals surface area (Å²) >= 11 is 2.96. The Hall–Kier alpha value is -1.46. The van der Waals surface area contributed by atoms with Crippen molar-refractivity contribution >= 4 is 34.9 Å². The van der Waals surface area contributed by atoms with Gasteiger partial charge in [-0.1, -0.05) is 0 Å². The minimum Gasteiger partial charge on any atom is -0.481 e. The fourth-order valence-electron chi connectivity index (χ4n) is 1.66. The topological polar surface area (TPSA) is 54.4 Å². The first-order valence-electron chi connectivity index (χ1n) is 5.00. The van der Waals surface area contributed by atoms with Crippen LogP contribution in [0.5, 0.6) is 0 Å². The van der Waals surface area contributed by atoms with Gasteiger partial charge in [0, 0.05) is 11.3 Å². The monoisotopic (exact) mass is 266 g/mol. The van der Waals surface area contributed by atoms with E-state index in [1.54, 1.807) is 11.3 Å². The summed E-state index contributed by atoms with van der Waals surface area (Å²) in [5, 5.41) is 14.9. The molecule has 0 radical (unpaired) electrons. The van der Waals surface area contributed by atoms with E-state index in [0.717, 1.165) is 16.0 Å². The second-order valence-corrected chi connectivity index (χ2v) is 5.23. The molecule has 0 fully saturated rings. The third-order valence-corrected chi connectivity index (χ3v) is 4.19. The summed E-state index contributed by atoms with van der Waals surface area (Å²) in [7, 11) is 0. The zero-order valence-electron chi connectivity index (χ0n) is 8.83. The van der Waals surface area contributed by atoms with Gasteiger partial charge in [0.1, 0.15) is 6.29 Å². The highest BCUT2D eigenvalue weighted by molar-refractivity contribution is 7.11. The maximum absolute atomic E-state index is 11.2. The first-order chi connectivity index (χ1) is 8.24. The highest BCUT2D eigenvalue weighted by atomic mass is 32.1. The number of carbonyl (C=O) groups is 2. The molecule has 0 aliphatic rings. The number of aldehydes is 1. The van der Waals surface area contributed by atoms with Gasteiger partial charge >= 0.3 is 5.97 Å². The van der Waals surface area contributed by atoms with Crippen LogP contribution in [0.15, 0.2) is 28.3 Å². The van der Waals surface area contributed by atoms with Gasteiger partial charge in [-0.25, -0.2) is 0 Å². The molecule has 3 nitrogen and oxygen atoms in total. The molecular formula is C12H10O3S2. The van der Waals surface area contributed by atoms with Gasteiger partial charge in [0.15, 0.2) is 0 Å². The molecule has 1 N–H and O–H groups in total. The lowest BCUT2D eigenvalue weighted by Gasteiger charge is -2.09. The molecule has 88 valence electrons. The lowest BCUT2D eigenvalue weighted by molar-refractivity contribution is -0.139. The van der Waals surface area contributed by atoms with Crippen LogP contribution in [0.1, 0.15) is 17.2 Å². The average Bonchev–Trinajstić information content (AvgIpc) is 2.95. The average molecular weight is 266 g/mol. The number of rotatable bonds is 5. The highest BCUT2D eigenvalue weighted by Gasteiger charge is 2.24. The summed E-state index contributed by atoms with van der Waals surface area (Å²) in [5.74, 6) is -1.68. The van der Waals surface area contributed by atoms with Crippen LogP contribution in [0, 0.1) is 0 Å². The van der Waals surface area contributed by atoms with Gasteiger partial charge in [-0.2, -0.15) is 11.3 Å². The predicted molar refractivity (Wildman–Crippen MR) is 68.7 cm³/mol. The molecule has 1 unspecified atom stereocenters. The van der Waals surface area contributed by atoms with Crippen molar-refractivity contribution in [3.8, 4) is 11.1 Å². The van der Waals surface area contributed by atoms with E-state index < -0.39 is 11.9 Å². The number of aliphatic carboxylic acids is 1. The zero-order valence-corrected chi connectivity index (χ0v) is 10.5. The maximum atomic E-state index is 11.2. The summed E-state index contributed by atoms with van der Waals surface area (Å²) in [6.07, 6.45) is 0.683. The minimum atomic E-state index is -0.948. The molecular weight excluding hydrogens is 256 g/mol. The summed E-state index contributed by atoms with van der Waals surface area (Å²) in [4.78, 5) is 22.5. The molecule has 0 amide bonds. The van der Waals surface area contributed by atoms with E-state index in [1.807, 2.05) is 28.3 Å². The lowest BCUT2D eigenvalue weighted by Crippen LogP contribution is -2.11. The van der Waals surface area contributed by atoms with E-state index in [0.29, 0.717) is 6.29 Å². The van der Waals surface area contributed by atoms with Gasteiger partial charge in [-0.05, 0) is 39.4 Å². The van der Waals surface area contributed by atoms with Crippen LogP contribution in [0.2, 0.25) is 0 Å². The summed E-state index contributed by atoms with van der Waals surface area (Å²) < 4.78 is 0.